The number of nitro benzene ring substituents is 1. The molecule has 2 rings (SSSR count). The summed E-state index contributed by atoms with van der Waals surface area (Å²) in [7, 11) is 0. The summed E-state index contributed by atoms with van der Waals surface area (Å²) < 4.78 is 0. The Labute approximate surface area is 117 Å². The highest BCUT2D eigenvalue weighted by atomic mass is 16.6. The van der Waals surface area contributed by atoms with Crippen LogP contribution in [0.5, 0.6) is 0 Å². The Morgan fingerprint density at radius 2 is 1.95 bits per heavy atom. The van der Waals surface area contributed by atoms with Gasteiger partial charge in [0.2, 0.25) is 0 Å². The molecule has 0 unspecified atom stereocenters. The number of hydrogen-bond acceptors (Lipinski definition) is 4. The van der Waals surface area contributed by atoms with Crippen LogP contribution in [-0.2, 0) is 0 Å². The predicted octanol–water partition coefficient (Wildman–Crippen LogP) is 2.44. The maximum Gasteiger partial charge on any atom is 0.292 e. The van der Waals surface area contributed by atoms with Gasteiger partial charge in [-0.3, -0.25) is 14.9 Å². The molecule has 1 amide bonds. The van der Waals surface area contributed by atoms with E-state index in [9.17, 15) is 14.9 Å². The van der Waals surface area contributed by atoms with Gasteiger partial charge in [0.25, 0.3) is 11.6 Å². The van der Waals surface area contributed by atoms with E-state index in [0.29, 0.717) is 18.7 Å². The van der Waals surface area contributed by atoms with Gasteiger partial charge in [-0.05, 0) is 30.4 Å². The summed E-state index contributed by atoms with van der Waals surface area (Å²) in [6.07, 6.45) is 1.88. The zero-order valence-corrected chi connectivity index (χ0v) is 11.8. The lowest BCUT2D eigenvalue weighted by Gasteiger charge is -2.36. The van der Waals surface area contributed by atoms with Gasteiger partial charge in [-0.25, -0.2) is 0 Å². The number of anilines is 1. The van der Waals surface area contributed by atoms with E-state index in [1.807, 2.05) is 0 Å². The van der Waals surface area contributed by atoms with Gasteiger partial charge in [-0.1, -0.05) is 13.8 Å². The number of amides is 1. The highest BCUT2D eigenvalue weighted by Crippen LogP contribution is 2.31. The molecule has 0 spiro atoms. The first kappa shape index (κ1) is 14.3. The first-order chi connectivity index (χ1) is 9.30. The lowest BCUT2D eigenvalue weighted by Crippen LogP contribution is -2.41. The van der Waals surface area contributed by atoms with Crippen molar-refractivity contribution in [2.24, 2.45) is 5.41 Å². The van der Waals surface area contributed by atoms with E-state index in [0.717, 1.165) is 12.8 Å². The molecule has 1 aliphatic rings. The molecule has 0 radical (unpaired) electrons. The molecule has 2 N–H and O–H groups in total. The van der Waals surface area contributed by atoms with Gasteiger partial charge in [0.05, 0.1) is 4.92 Å². The molecule has 6 heteroatoms. The molecular weight excluding hydrogens is 258 g/mol. The van der Waals surface area contributed by atoms with E-state index >= 15 is 0 Å². The third kappa shape index (κ3) is 2.89. The molecule has 1 saturated heterocycles. The molecule has 1 aromatic carbocycles. The number of nitrogens with zero attached hydrogens (tertiary/aromatic N) is 2. The quantitative estimate of drug-likeness (QED) is 0.510. The van der Waals surface area contributed by atoms with E-state index in [1.54, 1.807) is 11.0 Å². The molecular formula is C14H19N3O3. The standard InChI is InChI=1S/C14H19N3O3/c1-14(2)5-7-16(8-6-14)13(18)10-3-4-11(15)12(9-10)17(19)20/h3-4,9H,5-8,15H2,1-2H3. The number of nitrogens with two attached hydrogens (primary N) is 1. The molecule has 0 bridgehead atoms. The van der Waals surface area contributed by atoms with Crippen LogP contribution in [0.1, 0.15) is 37.0 Å². The predicted molar refractivity (Wildman–Crippen MR) is 76.4 cm³/mol. The summed E-state index contributed by atoms with van der Waals surface area (Å²) in [5, 5.41) is 10.9. The largest absolute Gasteiger partial charge is 0.393 e. The Kier molecular flexibility index (Phi) is 3.65. The molecule has 108 valence electrons. The van der Waals surface area contributed by atoms with E-state index in [-0.39, 0.29) is 22.7 Å². The highest BCUT2D eigenvalue weighted by Gasteiger charge is 2.29. The zero-order valence-electron chi connectivity index (χ0n) is 11.8. The summed E-state index contributed by atoms with van der Waals surface area (Å²) >= 11 is 0. The SMILES string of the molecule is CC1(C)CCN(C(=O)c2ccc(N)c([N+](=O)[O-])c2)CC1. The van der Waals surface area contributed by atoms with E-state index in [2.05, 4.69) is 13.8 Å². The molecule has 20 heavy (non-hydrogen) atoms. The number of piperidine rings is 1. The van der Waals surface area contributed by atoms with Gasteiger partial charge in [0, 0.05) is 24.7 Å². The Morgan fingerprint density at radius 3 is 2.50 bits per heavy atom. The van der Waals surface area contributed by atoms with Crippen molar-refractivity contribution in [3.63, 3.8) is 0 Å². The number of nitro groups is 1. The smallest absolute Gasteiger partial charge is 0.292 e. The fourth-order valence-electron chi connectivity index (χ4n) is 2.33. The summed E-state index contributed by atoms with van der Waals surface area (Å²) in [6.45, 7) is 5.74. The van der Waals surface area contributed by atoms with Gasteiger partial charge in [-0.15, -0.1) is 0 Å². The third-order valence-corrected chi connectivity index (χ3v) is 3.88. The molecule has 0 aliphatic carbocycles. The van der Waals surface area contributed by atoms with Gasteiger partial charge in [0.1, 0.15) is 5.69 Å². The summed E-state index contributed by atoms with van der Waals surface area (Å²) in [4.78, 5) is 24.4. The lowest BCUT2D eigenvalue weighted by molar-refractivity contribution is -0.383. The second kappa shape index (κ2) is 5.11. The highest BCUT2D eigenvalue weighted by molar-refractivity contribution is 5.95. The van der Waals surface area contributed by atoms with Crippen molar-refractivity contribution in [3.05, 3.63) is 33.9 Å². The number of carbonyl (C=O) groups excluding carboxylic acids is 1. The Morgan fingerprint density at radius 1 is 1.35 bits per heavy atom. The minimum atomic E-state index is -0.564. The van der Waals surface area contributed by atoms with Crippen molar-refractivity contribution >= 4 is 17.3 Å². The van der Waals surface area contributed by atoms with Crippen molar-refractivity contribution in [3.8, 4) is 0 Å². The average Bonchev–Trinajstić information content (AvgIpc) is 2.38. The van der Waals surface area contributed by atoms with Crippen molar-refractivity contribution in [2.75, 3.05) is 18.8 Å². The number of likely N-dealkylation sites (tertiary alicyclic amines) is 1. The van der Waals surface area contributed by atoms with Crippen LogP contribution >= 0.6 is 0 Å². The lowest BCUT2D eigenvalue weighted by atomic mass is 9.82. The van der Waals surface area contributed by atoms with Crippen LogP contribution in [0.15, 0.2) is 18.2 Å². The molecule has 0 aromatic heterocycles. The maximum atomic E-state index is 12.4. The normalized spacial score (nSPS) is 17.8. The Hall–Kier alpha value is -2.11. The number of benzene rings is 1. The van der Waals surface area contributed by atoms with Crippen LogP contribution in [-0.4, -0.2) is 28.8 Å². The van der Waals surface area contributed by atoms with Gasteiger partial charge >= 0.3 is 0 Å². The van der Waals surface area contributed by atoms with Crippen molar-refractivity contribution in [2.45, 2.75) is 26.7 Å². The topological polar surface area (TPSA) is 89.5 Å². The molecule has 1 aliphatic heterocycles. The molecule has 1 aromatic rings. The average molecular weight is 277 g/mol. The number of rotatable bonds is 2. The fraction of sp³-hybridized carbons (Fsp3) is 0.500. The van der Waals surface area contributed by atoms with E-state index in [1.165, 1.54) is 12.1 Å². The van der Waals surface area contributed by atoms with Crippen molar-refractivity contribution in [1.82, 2.24) is 4.90 Å². The number of carbonyl (C=O) groups is 1. The zero-order chi connectivity index (χ0) is 14.9. The van der Waals surface area contributed by atoms with Crippen LogP contribution in [0.3, 0.4) is 0 Å². The van der Waals surface area contributed by atoms with Crippen LogP contribution in [0.2, 0.25) is 0 Å². The van der Waals surface area contributed by atoms with Crippen molar-refractivity contribution in [1.29, 1.82) is 0 Å². The molecule has 0 atom stereocenters. The molecule has 1 heterocycles. The van der Waals surface area contributed by atoms with Gasteiger partial charge < -0.3 is 10.6 Å². The van der Waals surface area contributed by atoms with Gasteiger partial charge in [-0.2, -0.15) is 0 Å². The second-order valence-electron chi connectivity index (χ2n) is 5.99. The van der Waals surface area contributed by atoms with Crippen LogP contribution in [0.4, 0.5) is 11.4 Å². The van der Waals surface area contributed by atoms with Gasteiger partial charge in [0.15, 0.2) is 0 Å². The van der Waals surface area contributed by atoms with E-state index < -0.39 is 4.92 Å². The second-order valence-corrected chi connectivity index (χ2v) is 5.99. The molecule has 0 saturated carbocycles. The maximum absolute atomic E-state index is 12.4. The first-order valence-electron chi connectivity index (χ1n) is 6.63. The minimum Gasteiger partial charge on any atom is -0.393 e. The summed E-state index contributed by atoms with van der Waals surface area (Å²) in [6, 6.07) is 4.22. The van der Waals surface area contributed by atoms with Crippen molar-refractivity contribution < 1.29 is 9.72 Å². The first-order valence-corrected chi connectivity index (χ1v) is 6.63. The monoisotopic (exact) mass is 277 g/mol. The molecule has 6 nitrogen and oxygen atoms in total. The summed E-state index contributed by atoms with van der Waals surface area (Å²) in [5.41, 5.74) is 5.98. The summed E-state index contributed by atoms with van der Waals surface area (Å²) in [5.74, 6) is -0.163. The van der Waals surface area contributed by atoms with Crippen LogP contribution < -0.4 is 5.73 Å². The number of nitrogen functional groups attached to an aromatic ring is 1. The van der Waals surface area contributed by atoms with Crippen LogP contribution in [0.25, 0.3) is 0 Å². The number of hydrogen-bond donors (Lipinski definition) is 1. The molecule has 1 fully saturated rings. The Bertz CT molecular complexity index is 545. The van der Waals surface area contributed by atoms with E-state index in [4.69, 9.17) is 5.73 Å². The minimum absolute atomic E-state index is 0.0753. The third-order valence-electron chi connectivity index (χ3n) is 3.88. The fourth-order valence-corrected chi connectivity index (χ4v) is 2.33. The van der Waals surface area contributed by atoms with Crippen LogP contribution in [0, 0.1) is 15.5 Å². The Balaban J connectivity index is 2.18.